The third-order valence-electron chi connectivity index (χ3n) is 4.28. The van der Waals surface area contributed by atoms with E-state index >= 15 is 0 Å². The molecule has 23 heavy (non-hydrogen) atoms. The van der Waals surface area contributed by atoms with Gasteiger partial charge in [-0.3, -0.25) is 4.79 Å². The number of unbranched alkanes of at least 4 members (excludes halogenated alkanes) is 5. The van der Waals surface area contributed by atoms with Crippen molar-refractivity contribution in [2.24, 2.45) is 5.92 Å². The van der Waals surface area contributed by atoms with Gasteiger partial charge in [-0.2, -0.15) is 0 Å². The van der Waals surface area contributed by atoms with E-state index in [9.17, 15) is 15.0 Å². The van der Waals surface area contributed by atoms with Crippen LogP contribution in [0.1, 0.15) is 56.9 Å². The molecule has 0 spiro atoms. The van der Waals surface area contributed by atoms with Crippen LogP contribution in [0, 0.1) is 5.92 Å². The van der Waals surface area contributed by atoms with Gasteiger partial charge in [-0.25, -0.2) is 0 Å². The molecule has 0 amide bonds. The van der Waals surface area contributed by atoms with Crippen molar-refractivity contribution in [1.29, 1.82) is 0 Å². The molecule has 3 nitrogen and oxygen atoms in total. The summed E-state index contributed by atoms with van der Waals surface area (Å²) in [6.45, 7) is 3.70. The Balaban J connectivity index is 2.27. The maximum atomic E-state index is 11.4. The zero-order valence-electron chi connectivity index (χ0n) is 14.0. The highest BCUT2D eigenvalue weighted by atomic mass is 16.4. The van der Waals surface area contributed by atoms with Crippen molar-refractivity contribution in [3.8, 4) is 0 Å². The lowest BCUT2D eigenvalue weighted by molar-refractivity contribution is -0.146. The first-order valence-electron chi connectivity index (χ1n) is 8.71. The van der Waals surface area contributed by atoms with Crippen LogP contribution in [0.2, 0.25) is 0 Å². The molecule has 0 saturated carbocycles. The van der Waals surface area contributed by atoms with Gasteiger partial charge in [0.2, 0.25) is 0 Å². The van der Waals surface area contributed by atoms with E-state index in [1.165, 1.54) is 12.8 Å². The molecule has 2 N–H and O–H groups in total. The normalized spacial score (nSPS) is 13.4. The first kappa shape index (κ1) is 19.4. The molecule has 1 aromatic rings. The van der Waals surface area contributed by atoms with Crippen LogP contribution in [-0.4, -0.2) is 22.3 Å². The number of allylic oxidation sites excluding steroid dienone is 1. The van der Waals surface area contributed by atoms with Crippen LogP contribution < -0.4 is 0 Å². The Bertz CT molecular complexity index is 441. The Morgan fingerprint density at radius 1 is 1.04 bits per heavy atom. The molecule has 1 rings (SSSR count). The average molecular weight is 318 g/mol. The Kier molecular flexibility index (Phi) is 10.0. The van der Waals surface area contributed by atoms with Gasteiger partial charge in [0.05, 0.1) is 12.0 Å². The SMILES string of the molecule is C=CCCCCCCCC(O)C(CCc1ccccc1)C(=O)O. The molecule has 0 heterocycles. The van der Waals surface area contributed by atoms with Crippen LogP contribution in [0.5, 0.6) is 0 Å². The summed E-state index contributed by atoms with van der Waals surface area (Å²) in [5.74, 6) is -1.56. The van der Waals surface area contributed by atoms with E-state index in [-0.39, 0.29) is 0 Å². The predicted molar refractivity (Wildman–Crippen MR) is 94.4 cm³/mol. The van der Waals surface area contributed by atoms with Gasteiger partial charge >= 0.3 is 5.97 Å². The van der Waals surface area contributed by atoms with Crippen LogP contribution in [0.25, 0.3) is 0 Å². The number of aliphatic carboxylic acids is 1. The maximum absolute atomic E-state index is 11.4. The van der Waals surface area contributed by atoms with Gasteiger partial charge in [0.15, 0.2) is 0 Å². The smallest absolute Gasteiger partial charge is 0.309 e. The second kappa shape index (κ2) is 11.9. The van der Waals surface area contributed by atoms with Crippen molar-refractivity contribution in [2.45, 2.75) is 63.9 Å². The molecule has 2 atom stereocenters. The summed E-state index contributed by atoms with van der Waals surface area (Å²) in [7, 11) is 0. The van der Waals surface area contributed by atoms with E-state index < -0.39 is 18.0 Å². The molecule has 128 valence electrons. The summed E-state index contributed by atoms with van der Waals surface area (Å²) in [5.41, 5.74) is 1.12. The van der Waals surface area contributed by atoms with Gasteiger partial charge < -0.3 is 10.2 Å². The maximum Gasteiger partial charge on any atom is 0.309 e. The number of aliphatic hydroxyl groups excluding tert-OH is 1. The number of carboxylic acids is 1. The van der Waals surface area contributed by atoms with Gasteiger partial charge in [0.25, 0.3) is 0 Å². The minimum absolute atomic E-state index is 0.486. The van der Waals surface area contributed by atoms with Crippen molar-refractivity contribution in [3.63, 3.8) is 0 Å². The topological polar surface area (TPSA) is 57.5 Å². The molecule has 0 bridgehead atoms. The molecule has 0 aliphatic heterocycles. The molecular formula is C20H30O3. The largest absolute Gasteiger partial charge is 0.481 e. The summed E-state index contributed by atoms with van der Waals surface area (Å²) in [5, 5.41) is 19.6. The second-order valence-electron chi connectivity index (χ2n) is 6.17. The molecule has 0 aromatic heterocycles. The standard InChI is InChI=1S/C20H30O3/c1-2-3-4-5-6-7-11-14-19(21)18(20(22)23)16-15-17-12-9-8-10-13-17/h2,8-10,12-13,18-19,21H,1,3-7,11,14-16H2,(H,22,23). The average Bonchev–Trinajstić information content (AvgIpc) is 2.55. The van der Waals surface area contributed by atoms with E-state index in [2.05, 4.69) is 6.58 Å². The van der Waals surface area contributed by atoms with E-state index in [1.807, 2.05) is 36.4 Å². The fourth-order valence-electron chi connectivity index (χ4n) is 2.82. The lowest BCUT2D eigenvalue weighted by atomic mass is 9.91. The molecule has 1 aromatic carbocycles. The van der Waals surface area contributed by atoms with Gasteiger partial charge in [-0.15, -0.1) is 6.58 Å². The second-order valence-corrected chi connectivity index (χ2v) is 6.17. The lowest BCUT2D eigenvalue weighted by Gasteiger charge is -2.19. The van der Waals surface area contributed by atoms with Crippen molar-refractivity contribution >= 4 is 5.97 Å². The van der Waals surface area contributed by atoms with Gasteiger partial charge in [-0.1, -0.05) is 62.1 Å². The summed E-state index contributed by atoms with van der Waals surface area (Å²) in [6, 6.07) is 9.84. The molecule has 0 radical (unpaired) electrons. The van der Waals surface area contributed by atoms with Gasteiger partial charge in [0, 0.05) is 0 Å². The molecule has 0 fully saturated rings. The van der Waals surface area contributed by atoms with E-state index in [0.717, 1.165) is 31.2 Å². The number of hydrogen-bond donors (Lipinski definition) is 2. The highest BCUT2D eigenvalue weighted by molar-refractivity contribution is 5.70. The minimum atomic E-state index is -0.889. The number of rotatable bonds is 13. The Labute approximate surface area is 140 Å². The number of aryl methyl sites for hydroxylation is 1. The van der Waals surface area contributed by atoms with Crippen molar-refractivity contribution in [2.75, 3.05) is 0 Å². The van der Waals surface area contributed by atoms with Crippen LogP contribution >= 0.6 is 0 Å². The highest BCUT2D eigenvalue weighted by Gasteiger charge is 2.25. The number of aliphatic hydroxyl groups is 1. The Hall–Kier alpha value is -1.61. The first-order valence-corrected chi connectivity index (χ1v) is 8.71. The zero-order chi connectivity index (χ0) is 16.9. The number of carboxylic acid groups (broad SMARTS) is 1. The van der Waals surface area contributed by atoms with Crippen LogP contribution in [-0.2, 0) is 11.2 Å². The van der Waals surface area contributed by atoms with E-state index in [0.29, 0.717) is 19.3 Å². The first-order chi connectivity index (χ1) is 11.1. The predicted octanol–water partition coefficient (Wildman–Crippen LogP) is 4.60. The monoisotopic (exact) mass is 318 g/mol. The quantitative estimate of drug-likeness (QED) is 0.413. The molecular weight excluding hydrogens is 288 g/mol. The van der Waals surface area contributed by atoms with Gasteiger partial charge in [0.1, 0.15) is 0 Å². The summed E-state index contributed by atoms with van der Waals surface area (Å²) in [6.07, 6.45) is 9.44. The van der Waals surface area contributed by atoms with Crippen molar-refractivity contribution in [1.82, 2.24) is 0 Å². The summed E-state index contributed by atoms with van der Waals surface area (Å²) in [4.78, 5) is 11.4. The van der Waals surface area contributed by atoms with Crippen molar-refractivity contribution in [3.05, 3.63) is 48.6 Å². The number of benzene rings is 1. The Morgan fingerprint density at radius 2 is 1.70 bits per heavy atom. The van der Waals surface area contributed by atoms with E-state index in [4.69, 9.17) is 0 Å². The fourth-order valence-corrected chi connectivity index (χ4v) is 2.82. The van der Waals surface area contributed by atoms with Gasteiger partial charge in [-0.05, 0) is 37.7 Å². The third kappa shape index (κ3) is 8.56. The van der Waals surface area contributed by atoms with Crippen molar-refractivity contribution < 1.29 is 15.0 Å². The molecule has 0 saturated heterocycles. The third-order valence-corrected chi connectivity index (χ3v) is 4.28. The van der Waals surface area contributed by atoms with Crippen LogP contribution in [0.15, 0.2) is 43.0 Å². The minimum Gasteiger partial charge on any atom is -0.481 e. The molecule has 0 aliphatic rings. The summed E-state index contributed by atoms with van der Waals surface area (Å²) >= 11 is 0. The molecule has 2 unspecified atom stereocenters. The lowest BCUT2D eigenvalue weighted by Crippen LogP contribution is -2.28. The molecule has 0 aliphatic carbocycles. The summed E-state index contributed by atoms with van der Waals surface area (Å²) < 4.78 is 0. The van der Waals surface area contributed by atoms with Crippen LogP contribution in [0.3, 0.4) is 0 Å². The Morgan fingerprint density at radius 3 is 2.35 bits per heavy atom. The number of hydrogen-bond acceptors (Lipinski definition) is 2. The number of carbonyl (C=O) groups is 1. The highest BCUT2D eigenvalue weighted by Crippen LogP contribution is 2.19. The zero-order valence-corrected chi connectivity index (χ0v) is 14.0. The molecule has 3 heteroatoms. The van der Waals surface area contributed by atoms with Crippen LogP contribution in [0.4, 0.5) is 0 Å². The van der Waals surface area contributed by atoms with E-state index in [1.54, 1.807) is 0 Å². The fraction of sp³-hybridized carbons (Fsp3) is 0.550.